The van der Waals surface area contributed by atoms with E-state index < -0.39 is 5.60 Å². The molecule has 1 aliphatic heterocycles. The van der Waals surface area contributed by atoms with E-state index in [1.165, 1.54) is 38.8 Å². The third-order valence-corrected chi connectivity index (χ3v) is 5.09. The number of hydrogen-bond acceptors (Lipinski definition) is 2. The molecule has 1 saturated carbocycles. The molecule has 2 nitrogen and oxygen atoms in total. The average Bonchev–Trinajstić information content (AvgIpc) is 3.02. The Kier molecular flexibility index (Phi) is 3.69. The Bertz CT molecular complexity index is 409. The van der Waals surface area contributed by atoms with Crippen molar-refractivity contribution in [3.8, 4) is 11.8 Å². The maximum Gasteiger partial charge on any atom is 0.126 e. The van der Waals surface area contributed by atoms with Gasteiger partial charge in [-0.05, 0) is 57.5 Å². The molecule has 0 aromatic heterocycles. The van der Waals surface area contributed by atoms with Crippen LogP contribution in [0.4, 0.5) is 0 Å². The Labute approximate surface area is 116 Å². The Balaban J connectivity index is 1.57. The first-order valence-corrected chi connectivity index (χ1v) is 7.78. The van der Waals surface area contributed by atoms with E-state index in [0.29, 0.717) is 17.8 Å². The molecule has 0 unspecified atom stereocenters. The van der Waals surface area contributed by atoms with Crippen LogP contribution in [0.25, 0.3) is 0 Å². The lowest BCUT2D eigenvalue weighted by Crippen LogP contribution is -2.36. The number of rotatable bonds is 2. The molecule has 3 aliphatic rings. The summed E-state index contributed by atoms with van der Waals surface area (Å²) in [5.74, 6) is 8.00. The minimum absolute atomic E-state index is 0.344. The van der Waals surface area contributed by atoms with Crippen LogP contribution in [0.1, 0.15) is 39.0 Å². The van der Waals surface area contributed by atoms with Gasteiger partial charge in [0.05, 0.1) is 6.54 Å². The lowest BCUT2D eigenvalue weighted by molar-refractivity contribution is 0.0431. The van der Waals surface area contributed by atoms with Crippen molar-refractivity contribution in [3.63, 3.8) is 0 Å². The number of likely N-dealkylation sites (tertiary alicyclic amines) is 1. The van der Waals surface area contributed by atoms with Gasteiger partial charge in [-0.2, -0.15) is 0 Å². The van der Waals surface area contributed by atoms with Crippen LogP contribution in [0, 0.1) is 29.6 Å². The van der Waals surface area contributed by atoms with Crippen LogP contribution in [-0.4, -0.2) is 35.2 Å². The van der Waals surface area contributed by atoms with Gasteiger partial charge < -0.3 is 5.11 Å². The smallest absolute Gasteiger partial charge is 0.126 e. The molecule has 19 heavy (non-hydrogen) atoms. The van der Waals surface area contributed by atoms with Crippen LogP contribution in [0.2, 0.25) is 0 Å². The summed E-state index contributed by atoms with van der Waals surface area (Å²) in [6, 6.07) is 0. The second-order valence-electron chi connectivity index (χ2n) is 6.67. The standard InChI is InChI=1S/C17H25NO/c1-17(19,16-13-14-6-7-15(16)12-14)8-5-11-18-9-3-2-4-10-18/h6-7,14-16,19H,2-4,9-13H2,1H3/t14-,15-,16+,17-/m0/s1. The van der Waals surface area contributed by atoms with Crippen molar-refractivity contribution in [3.05, 3.63) is 12.2 Å². The Hall–Kier alpha value is -0.780. The Morgan fingerprint density at radius 2 is 2.00 bits per heavy atom. The van der Waals surface area contributed by atoms with Crippen LogP contribution < -0.4 is 0 Å². The third-order valence-electron chi connectivity index (χ3n) is 5.09. The molecule has 1 saturated heterocycles. The molecular formula is C17H25NO. The second kappa shape index (κ2) is 5.31. The zero-order valence-electron chi connectivity index (χ0n) is 11.9. The van der Waals surface area contributed by atoms with Crippen molar-refractivity contribution in [1.29, 1.82) is 0 Å². The van der Waals surface area contributed by atoms with E-state index in [9.17, 15) is 5.11 Å². The molecule has 104 valence electrons. The largest absolute Gasteiger partial charge is 0.378 e. The minimum atomic E-state index is -0.806. The highest BCUT2D eigenvalue weighted by molar-refractivity contribution is 5.22. The van der Waals surface area contributed by atoms with Gasteiger partial charge in [-0.25, -0.2) is 0 Å². The fourth-order valence-corrected chi connectivity index (χ4v) is 3.97. The van der Waals surface area contributed by atoms with E-state index in [-0.39, 0.29) is 0 Å². The van der Waals surface area contributed by atoms with Gasteiger partial charge in [0.15, 0.2) is 0 Å². The van der Waals surface area contributed by atoms with E-state index in [2.05, 4.69) is 28.9 Å². The maximum absolute atomic E-state index is 10.6. The topological polar surface area (TPSA) is 23.5 Å². The molecule has 2 fully saturated rings. The van der Waals surface area contributed by atoms with E-state index >= 15 is 0 Å². The number of fused-ring (bicyclic) bond motifs is 2. The Morgan fingerprint density at radius 1 is 1.21 bits per heavy atom. The fourth-order valence-electron chi connectivity index (χ4n) is 3.97. The third kappa shape index (κ3) is 2.88. The molecular weight excluding hydrogens is 234 g/mol. The minimum Gasteiger partial charge on any atom is -0.378 e. The molecule has 1 N–H and O–H groups in total. The number of piperidine rings is 1. The zero-order chi connectivity index (χ0) is 13.3. The monoisotopic (exact) mass is 259 g/mol. The number of allylic oxidation sites excluding steroid dienone is 2. The van der Waals surface area contributed by atoms with Crippen molar-refractivity contribution < 1.29 is 5.11 Å². The van der Waals surface area contributed by atoms with Crippen LogP contribution >= 0.6 is 0 Å². The first-order chi connectivity index (χ1) is 9.15. The maximum atomic E-state index is 10.6. The lowest BCUT2D eigenvalue weighted by Gasteiger charge is -2.30. The van der Waals surface area contributed by atoms with Gasteiger partial charge in [-0.3, -0.25) is 4.90 Å². The van der Waals surface area contributed by atoms with Gasteiger partial charge in [0, 0.05) is 5.92 Å². The van der Waals surface area contributed by atoms with Crippen molar-refractivity contribution in [1.82, 2.24) is 4.90 Å². The molecule has 1 heterocycles. The molecule has 0 aromatic rings. The molecule has 4 atom stereocenters. The summed E-state index contributed by atoms with van der Waals surface area (Å²) in [4.78, 5) is 2.41. The number of nitrogens with zero attached hydrogens (tertiary/aromatic N) is 1. The van der Waals surface area contributed by atoms with Crippen molar-refractivity contribution >= 4 is 0 Å². The van der Waals surface area contributed by atoms with E-state index in [0.717, 1.165) is 13.0 Å². The highest BCUT2D eigenvalue weighted by Crippen LogP contribution is 2.47. The zero-order valence-corrected chi connectivity index (χ0v) is 11.9. The summed E-state index contributed by atoms with van der Waals surface area (Å²) in [5, 5.41) is 10.6. The van der Waals surface area contributed by atoms with Crippen LogP contribution in [0.3, 0.4) is 0 Å². The summed E-state index contributed by atoms with van der Waals surface area (Å²) >= 11 is 0. The summed E-state index contributed by atoms with van der Waals surface area (Å²) in [7, 11) is 0. The molecule has 2 aliphatic carbocycles. The van der Waals surface area contributed by atoms with E-state index in [1.54, 1.807) is 0 Å². The molecule has 2 bridgehead atoms. The van der Waals surface area contributed by atoms with Gasteiger partial charge in [-0.1, -0.05) is 30.4 Å². The van der Waals surface area contributed by atoms with Gasteiger partial charge in [0.2, 0.25) is 0 Å². The highest BCUT2D eigenvalue weighted by Gasteiger charge is 2.44. The molecule has 3 rings (SSSR count). The van der Waals surface area contributed by atoms with Crippen molar-refractivity contribution in [2.75, 3.05) is 19.6 Å². The van der Waals surface area contributed by atoms with Crippen LogP contribution in [0.5, 0.6) is 0 Å². The van der Waals surface area contributed by atoms with Gasteiger partial charge in [0.25, 0.3) is 0 Å². The van der Waals surface area contributed by atoms with E-state index in [4.69, 9.17) is 0 Å². The van der Waals surface area contributed by atoms with Crippen molar-refractivity contribution in [2.45, 2.75) is 44.6 Å². The molecule has 0 aromatic carbocycles. The number of aliphatic hydroxyl groups is 1. The average molecular weight is 259 g/mol. The SMILES string of the molecule is C[C@](O)(C#CCN1CCCCC1)[C@@H]1C[C@H]2C=C[C@H]1C2. The first kappa shape index (κ1) is 13.2. The quantitative estimate of drug-likeness (QED) is 0.608. The summed E-state index contributed by atoms with van der Waals surface area (Å²) < 4.78 is 0. The molecule has 0 spiro atoms. The summed E-state index contributed by atoms with van der Waals surface area (Å²) in [5.41, 5.74) is -0.806. The van der Waals surface area contributed by atoms with Crippen LogP contribution in [0.15, 0.2) is 12.2 Å². The predicted octanol–water partition coefficient (Wildman–Crippen LogP) is 2.44. The normalized spacial score (nSPS) is 36.8. The first-order valence-electron chi connectivity index (χ1n) is 7.78. The highest BCUT2D eigenvalue weighted by atomic mass is 16.3. The van der Waals surface area contributed by atoms with Gasteiger partial charge >= 0.3 is 0 Å². The van der Waals surface area contributed by atoms with Gasteiger partial charge in [-0.15, -0.1) is 0 Å². The van der Waals surface area contributed by atoms with Crippen LogP contribution in [-0.2, 0) is 0 Å². The Morgan fingerprint density at radius 3 is 2.63 bits per heavy atom. The van der Waals surface area contributed by atoms with Crippen molar-refractivity contribution in [2.24, 2.45) is 17.8 Å². The summed E-state index contributed by atoms with van der Waals surface area (Å²) in [6.45, 7) is 5.09. The van der Waals surface area contributed by atoms with E-state index in [1.807, 2.05) is 6.92 Å². The lowest BCUT2D eigenvalue weighted by atomic mass is 9.80. The molecule has 2 heteroatoms. The van der Waals surface area contributed by atoms with Gasteiger partial charge in [0.1, 0.15) is 5.60 Å². The second-order valence-corrected chi connectivity index (χ2v) is 6.67. The summed E-state index contributed by atoms with van der Waals surface area (Å²) in [6.07, 6.45) is 10.9. The molecule has 0 radical (unpaired) electrons. The predicted molar refractivity (Wildman–Crippen MR) is 77.5 cm³/mol. The molecule has 0 amide bonds. The fraction of sp³-hybridized carbons (Fsp3) is 0.765. The number of hydrogen-bond donors (Lipinski definition) is 1.